The molecule has 3 N–H and O–H groups in total. The van der Waals surface area contributed by atoms with E-state index in [4.69, 9.17) is 10.9 Å². The molecule has 0 radical (unpaired) electrons. The molecule has 1 aromatic rings. The SMILES string of the molecule is CCN(C/C(N)=N/O)Cc1ccn(C)n1. The van der Waals surface area contributed by atoms with Gasteiger partial charge in [0.15, 0.2) is 5.84 Å². The first kappa shape index (κ1) is 11.5. The fourth-order valence-corrected chi connectivity index (χ4v) is 1.32. The van der Waals surface area contributed by atoms with Gasteiger partial charge in [-0.1, -0.05) is 12.1 Å². The highest BCUT2D eigenvalue weighted by Gasteiger charge is 2.07. The molecule has 0 fully saturated rings. The van der Waals surface area contributed by atoms with Crippen LogP contribution in [0.4, 0.5) is 0 Å². The third-order valence-corrected chi connectivity index (χ3v) is 2.12. The summed E-state index contributed by atoms with van der Waals surface area (Å²) >= 11 is 0. The zero-order valence-electron chi connectivity index (χ0n) is 9.09. The van der Waals surface area contributed by atoms with Crippen LogP contribution >= 0.6 is 0 Å². The second kappa shape index (κ2) is 5.35. The van der Waals surface area contributed by atoms with E-state index in [0.717, 1.165) is 12.2 Å². The van der Waals surface area contributed by atoms with E-state index in [9.17, 15) is 0 Å². The van der Waals surface area contributed by atoms with Crippen molar-refractivity contribution in [2.45, 2.75) is 13.5 Å². The van der Waals surface area contributed by atoms with E-state index < -0.39 is 0 Å². The minimum atomic E-state index is 0.216. The Hall–Kier alpha value is -1.56. The van der Waals surface area contributed by atoms with E-state index in [0.29, 0.717) is 13.1 Å². The summed E-state index contributed by atoms with van der Waals surface area (Å²) in [6.07, 6.45) is 1.90. The summed E-state index contributed by atoms with van der Waals surface area (Å²) in [5.41, 5.74) is 6.42. The first-order valence-electron chi connectivity index (χ1n) is 4.83. The molecule has 0 aromatic carbocycles. The molecule has 1 aromatic heterocycles. The number of aryl methyl sites for hydroxylation is 1. The van der Waals surface area contributed by atoms with Crippen LogP contribution in [0.5, 0.6) is 0 Å². The summed E-state index contributed by atoms with van der Waals surface area (Å²) in [5.74, 6) is 0.216. The van der Waals surface area contributed by atoms with Gasteiger partial charge in [-0.25, -0.2) is 0 Å². The van der Waals surface area contributed by atoms with E-state index in [2.05, 4.69) is 10.3 Å². The van der Waals surface area contributed by atoms with Gasteiger partial charge in [0.25, 0.3) is 0 Å². The van der Waals surface area contributed by atoms with Crippen molar-refractivity contribution in [3.63, 3.8) is 0 Å². The number of aromatic nitrogens is 2. The summed E-state index contributed by atoms with van der Waals surface area (Å²) in [4.78, 5) is 2.04. The van der Waals surface area contributed by atoms with Gasteiger partial charge in [-0.2, -0.15) is 5.10 Å². The molecule has 0 aliphatic heterocycles. The Balaban J connectivity index is 2.54. The number of oxime groups is 1. The second-order valence-electron chi connectivity index (χ2n) is 3.38. The molecule has 84 valence electrons. The van der Waals surface area contributed by atoms with Crippen molar-refractivity contribution in [1.29, 1.82) is 0 Å². The van der Waals surface area contributed by atoms with E-state index >= 15 is 0 Å². The van der Waals surface area contributed by atoms with Gasteiger partial charge in [-0.15, -0.1) is 0 Å². The maximum absolute atomic E-state index is 8.47. The molecule has 1 rings (SSSR count). The molecular weight excluding hydrogens is 194 g/mol. The van der Waals surface area contributed by atoms with Crippen LogP contribution in [0.25, 0.3) is 0 Å². The number of amidine groups is 1. The number of nitrogens with two attached hydrogens (primary N) is 1. The maximum Gasteiger partial charge on any atom is 0.153 e. The molecular formula is C9H17N5O. The van der Waals surface area contributed by atoms with Gasteiger partial charge in [-0.3, -0.25) is 9.58 Å². The highest BCUT2D eigenvalue weighted by molar-refractivity contribution is 5.81. The van der Waals surface area contributed by atoms with Crippen LogP contribution in [0.1, 0.15) is 12.6 Å². The average Bonchev–Trinajstić information content (AvgIpc) is 2.62. The lowest BCUT2D eigenvalue weighted by molar-refractivity contribution is 0.292. The van der Waals surface area contributed by atoms with Crippen LogP contribution in [0.3, 0.4) is 0 Å². The quantitative estimate of drug-likeness (QED) is 0.311. The van der Waals surface area contributed by atoms with Gasteiger partial charge >= 0.3 is 0 Å². The Labute approximate surface area is 89.0 Å². The minimum absolute atomic E-state index is 0.216. The van der Waals surface area contributed by atoms with Crippen molar-refractivity contribution in [2.75, 3.05) is 13.1 Å². The van der Waals surface area contributed by atoms with Crippen LogP contribution < -0.4 is 5.73 Å². The zero-order chi connectivity index (χ0) is 11.3. The predicted molar refractivity (Wildman–Crippen MR) is 57.6 cm³/mol. The van der Waals surface area contributed by atoms with Gasteiger partial charge in [0.2, 0.25) is 0 Å². The lowest BCUT2D eigenvalue weighted by atomic mass is 10.3. The second-order valence-corrected chi connectivity index (χ2v) is 3.38. The smallest absolute Gasteiger partial charge is 0.153 e. The monoisotopic (exact) mass is 211 g/mol. The number of hydrogen-bond acceptors (Lipinski definition) is 4. The van der Waals surface area contributed by atoms with Crippen LogP contribution in [-0.4, -0.2) is 38.8 Å². The first-order valence-corrected chi connectivity index (χ1v) is 4.83. The van der Waals surface area contributed by atoms with Crippen molar-refractivity contribution in [1.82, 2.24) is 14.7 Å². The van der Waals surface area contributed by atoms with Gasteiger partial charge in [0.05, 0.1) is 12.2 Å². The van der Waals surface area contributed by atoms with E-state index in [1.54, 1.807) is 4.68 Å². The Bertz CT molecular complexity index is 333. The molecule has 0 spiro atoms. The summed E-state index contributed by atoms with van der Waals surface area (Å²) in [6.45, 7) is 4.00. The maximum atomic E-state index is 8.47. The predicted octanol–water partition coefficient (Wildman–Crippen LogP) is -0.0116. The van der Waals surface area contributed by atoms with Gasteiger partial charge < -0.3 is 10.9 Å². The van der Waals surface area contributed by atoms with Gasteiger partial charge in [0.1, 0.15) is 0 Å². The van der Waals surface area contributed by atoms with E-state index in [-0.39, 0.29) is 5.84 Å². The average molecular weight is 211 g/mol. The van der Waals surface area contributed by atoms with Crippen molar-refractivity contribution in [2.24, 2.45) is 17.9 Å². The summed E-state index contributed by atoms with van der Waals surface area (Å²) < 4.78 is 1.76. The molecule has 0 aliphatic carbocycles. The molecule has 1 heterocycles. The Morgan fingerprint density at radius 3 is 2.93 bits per heavy atom. The summed E-state index contributed by atoms with van der Waals surface area (Å²) in [7, 11) is 1.88. The molecule has 0 bridgehead atoms. The van der Waals surface area contributed by atoms with Crippen LogP contribution in [0.2, 0.25) is 0 Å². The van der Waals surface area contributed by atoms with Crippen LogP contribution in [0, 0.1) is 0 Å². The van der Waals surface area contributed by atoms with Crippen molar-refractivity contribution < 1.29 is 5.21 Å². The standard InChI is InChI=1S/C9H17N5O/c1-3-14(7-9(10)12-15)6-8-4-5-13(2)11-8/h4-5,15H,3,6-7H2,1-2H3,(H2,10,12). The molecule has 0 aliphatic rings. The molecule has 0 unspecified atom stereocenters. The molecule has 0 saturated heterocycles. The number of rotatable bonds is 5. The van der Waals surface area contributed by atoms with E-state index in [1.807, 2.05) is 31.1 Å². The highest BCUT2D eigenvalue weighted by Crippen LogP contribution is 2.00. The highest BCUT2D eigenvalue weighted by atomic mass is 16.4. The lowest BCUT2D eigenvalue weighted by Crippen LogP contribution is -2.33. The van der Waals surface area contributed by atoms with Crippen molar-refractivity contribution in [3.8, 4) is 0 Å². The van der Waals surface area contributed by atoms with Crippen LogP contribution in [-0.2, 0) is 13.6 Å². The topological polar surface area (TPSA) is 79.7 Å². The molecule has 6 nitrogen and oxygen atoms in total. The number of hydrogen-bond donors (Lipinski definition) is 2. The summed E-state index contributed by atoms with van der Waals surface area (Å²) in [6, 6.07) is 1.95. The van der Waals surface area contributed by atoms with Crippen molar-refractivity contribution >= 4 is 5.84 Å². The van der Waals surface area contributed by atoms with Gasteiger partial charge in [0, 0.05) is 19.8 Å². The largest absolute Gasteiger partial charge is 0.409 e. The number of likely N-dealkylation sites (N-methyl/N-ethyl adjacent to an activating group) is 1. The Kier molecular flexibility index (Phi) is 4.11. The molecule has 0 saturated carbocycles. The molecule has 0 atom stereocenters. The third-order valence-electron chi connectivity index (χ3n) is 2.12. The van der Waals surface area contributed by atoms with Crippen molar-refractivity contribution in [3.05, 3.63) is 18.0 Å². The summed E-state index contributed by atoms with van der Waals surface area (Å²) in [5, 5.41) is 15.7. The zero-order valence-corrected chi connectivity index (χ0v) is 9.09. The molecule has 6 heteroatoms. The fraction of sp³-hybridized carbons (Fsp3) is 0.556. The third kappa shape index (κ3) is 3.59. The van der Waals surface area contributed by atoms with Gasteiger partial charge in [-0.05, 0) is 12.6 Å². The Morgan fingerprint density at radius 1 is 1.73 bits per heavy atom. The number of nitrogens with zero attached hydrogens (tertiary/aromatic N) is 4. The lowest BCUT2D eigenvalue weighted by Gasteiger charge is -2.17. The normalized spacial score (nSPS) is 12.3. The molecule has 15 heavy (non-hydrogen) atoms. The Morgan fingerprint density at radius 2 is 2.47 bits per heavy atom. The minimum Gasteiger partial charge on any atom is -0.409 e. The fourth-order valence-electron chi connectivity index (χ4n) is 1.32. The van der Waals surface area contributed by atoms with E-state index in [1.165, 1.54) is 0 Å². The first-order chi connectivity index (χ1) is 7.15. The molecule has 0 amide bonds. The van der Waals surface area contributed by atoms with Crippen LogP contribution in [0.15, 0.2) is 17.4 Å².